The number of hydrogen-bond donors (Lipinski definition) is 3. The van der Waals surface area contributed by atoms with Gasteiger partial charge in [0, 0.05) is 24.3 Å². The first-order valence-electron chi connectivity index (χ1n) is 16.0. The van der Waals surface area contributed by atoms with Crippen molar-refractivity contribution in [2.45, 2.75) is 77.4 Å². The highest BCUT2D eigenvalue weighted by Crippen LogP contribution is 2.41. The fourth-order valence-corrected chi connectivity index (χ4v) is 7.11. The van der Waals surface area contributed by atoms with Crippen LogP contribution in [0.3, 0.4) is 0 Å². The van der Waals surface area contributed by atoms with E-state index in [1.165, 1.54) is 35.4 Å². The quantitative estimate of drug-likeness (QED) is 0.215. The summed E-state index contributed by atoms with van der Waals surface area (Å²) in [6.07, 6.45) is 5.66. The van der Waals surface area contributed by atoms with E-state index >= 15 is 0 Å². The third kappa shape index (κ3) is 5.96. The molecule has 1 aliphatic heterocycles. The lowest BCUT2D eigenvalue weighted by Crippen LogP contribution is -2.42. The molecule has 3 N–H and O–H groups in total. The lowest BCUT2D eigenvalue weighted by molar-refractivity contribution is -0.140. The van der Waals surface area contributed by atoms with Crippen LogP contribution in [0.1, 0.15) is 90.3 Å². The molecular formula is C36H41N5O4. The summed E-state index contributed by atoms with van der Waals surface area (Å²) in [5, 5.41) is 27.5. The molecule has 4 aromatic rings. The number of rotatable bonds is 9. The number of nitrogens with one attached hydrogen (secondary N) is 1. The molecule has 2 aromatic carbocycles. The zero-order valence-corrected chi connectivity index (χ0v) is 26.2. The Hall–Kier alpha value is -4.50. The molecule has 45 heavy (non-hydrogen) atoms. The maximum atomic E-state index is 12.2. The number of aliphatic hydroxyl groups excluding tert-OH is 1. The number of benzene rings is 2. The minimum absolute atomic E-state index is 0.126. The number of carbonyl (C=O) groups excluding carboxylic acids is 1. The summed E-state index contributed by atoms with van der Waals surface area (Å²) in [4.78, 5) is 30.7. The number of likely N-dealkylation sites (tertiary alicyclic amines) is 1. The number of amides is 1. The van der Waals surface area contributed by atoms with E-state index in [1.807, 2.05) is 25.1 Å². The number of hydrogen-bond acceptors (Lipinski definition) is 6. The van der Waals surface area contributed by atoms with Gasteiger partial charge in [0.2, 0.25) is 0 Å². The summed E-state index contributed by atoms with van der Waals surface area (Å²) in [6, 6.07) is 19.1. The van der Waals surface area contributed by atoms with Gasteiger partial charge in [-0.15, -0.1) is 0 Å². The predicted octanol–water partition coefficient (Wildman–Crippen LogP) is 5.94. The van der Waals surface area contributed by atoms with Gasteiger partial charge in [0.05, 0.1) is 23.6 Å². The summed E-state index contributed by atoms with van der Waals surface area (Å²) in [5.41, 5.74) is 9.06. The Labute approximate surface area is 263 Å². The second-order valence-electron chi connectivity index (χ2n) is 12.1. The first-order chi connectivity index (χ1) is 21.8. The molecule has 9 heteroatoms. The van der Waals surface area contributed by atoms with Crippen molar-refractivity contribution in [3.8, 4) is 17.1 Å². The second kappa shape index (κ2) is 12.9. The van der Waals surface area contributed by atoms with Crippen LogP contribution in [0.5, 0.6) is 0 Å². The number of aliphatic hydroxyl groups is 1. The number of piperidine rings is 1. The van der Waals surface area contributed by atoms with Crippen molar-refractivity contribution >= 4 is 17.6 Å². The number of aryl methyl sites for hydroxylation is 2. The van der Waals surface area contributed by atoms with Crippen molar-refractivity contribution in [3.63, 3.8) is 0 Å². The Kier molecular flexibility index (Phi) is 8.72. The predicted molar refractivity (Wildman–Crippen MR) is 174 cm³/mol. The van der Waals surface area contributed by atoms with Crippen molar-refractivity contribution in [2.24, 2.45) is 0 Å². The molecule has 2 atom stereocenters. The second-order valence-corrected chi connectivity index (χ2v) is 12.1. The van der Waals surface area contributed by atoms with Gasteiger partial charge in [0.25, 0.3) is 5.91 Å². The highest BCUT2D eigenvalue weighted by Gasteiger charge is 2.29. The molecule has 1 unspecified atom stereocenters. The largest absolute Gasteiger partial charge is 0.478 e. The molecule has 3 heterocycles. The third-order valence-electron chi connectivity index (χ3n) is 9.38. The molecule has 0 spiro atoms. The van der Waals surface area contributed by atoms with E-state index in [0.717, 1.165) is 49.0 Å². The molecule has 0 radical (unpaired) electrons. The van der Waals surface area contributed by atoms with Crippen molar-refractivity contribution < 1.29 is 19.8 Å². The van der Waals surface area contributed by atoms with E-state index in [0.29, 0.717) is 36.9 Å². The lowest BCUT2D eigenvalue weighted by Gasteiger charge is -2.34. The van der Waals surface area contributed by atoms with Crippen LogP contribution in [0.15, 0.2) is 60.8 Å². The SMILES string of the molecule is CCc1cc(NC2CCc3cccc(-c4cccc(-n5ncc(C(=O)O)c5CC)n4)c32)ccc1C1CCN(C(=O)[C@H](C)O)CC1. The number of aromatic carboxylic acids is 1. The van der Waals surface area contributed by atoms with Gasteiger partial charge in [-0.3, -0.25) is 4.79 Å². The van der Waals surface area contributed by atoms with Crippen molar-refractivity contribution in [3.05, 3.63) is 94.3 Å². The number of carboxylic acid groups (broad SMARTS) is 1. The zero-order chi connectivity index (χ0) is 31.7. The van der Waals surface area contributed by atoms with E-state index in [-0.39, 0.29) is 17.5 Å². The average Bonchev–Trinajstić information content (AvgIpc) is 3.69. The molecule has 9 nitrogen and oxygen atoms in total. The summed E-state index contributed by atoms with van der Waals surface area (Å²) < 4.78 is 1.63. The number of carboxylic acids is 1. The van der Waals surface area contributed by atoms with Crippen LogP contribution in [0, 0.1) is 0 Å². The van der Waals surface area contributed by atoms with Gasteiger partial charge < -0.3 is 20.4 Å². The number of carbonyl (C=O) groups is 2. The van der Waals surface area contributed by atoms with Crippen LogP contribution in [0.25, 0.3) is 17.1 Å². The average molecular weight is 608 g/mol. The summed E-state index contributed by atoms with van der Waals surface area (Å²) >= 11 is 0. The molecular weight excluding hydrogens is 566 g/mol. The van der Waals surface area contributed by atoms with Gasteiger partial charge in [-0.2, -0.15) is 5.10 Å². The molecule has 1 fully saturated rings. The number of fused-ring (bicyclic) bond motifs is 1. The lowest BCUT2D eigenvalue weighted by atomic mass is 9.85. The Bertz CT molecular complexity index is 1720. The van der Waals surface area contributed by atoms with E-state index < -0.39 is 12.1 Å². The van der Waals surface area contributed by atoms with Crippen LogP contribution in [0.2, 0.25) is 0 Å². The highest BCUT2D eigenvalue weighted by atomic mass is 16.4. The Morgan fingerprint density at radius 3 is 2.51 bits per heavy atom. The maximum Gasteiger partial charge on any atom is 0.339 e. The monoisotopic (exact) mass is 607 g/mol. The van der Waals surface area contributed by atoms with Gasteiger partial charge in [-0.1, -0.05) is 44.2 Å². The minimum Gasteiger partial charge on any atom is -0.478 e. The van der Waals surface area contributed by atoms with E-state index in [4.69, 9.17) is 4.98 Å². The summed E-state index contributed by atoms with van der Waals surface area (Å²) in [5.74, 6) is -0.167. The van der Waals surface area contributed by atoms with Crippen molar-refractivity contribution in [1.29, 1.82) is 0 Å². The molecule has 0 bridgehead atoms. The topological polar surface area (TPSA) is 121 Å². The third-order valence-corrected chi connectivity index (χ3v) is 9.38. The number of aromatic nitrogens is 3. The maximum absolute atomic E-state index is 12.2. The standard InChI is InChI=1S/C36H41N5O4/c1-4-23-20-26(13-14-27(23)24-16-18-40(19-17-24)35(43)22(3)42)38-31-15-12-25-8-6-9-28(34(25)31)30-10-7-11-33(39-30)41-32(5-2)29(21-37-41)36(44)45/h6-11,13-14,20-22,24,31,38,42H,4-5,12,15-19H2,1-3H3,(H,44,45)/t22-,31?/m0/s1. The normalized spacial score (nSPS) is 17.2. The molecule has 2 aliphatic rings. The summed E-state index contributed by atoms with van der Waals surface area (Å²) in [6.45, 7) is 7.01. The molecule has 6 rings (SSSR count). The van der Waals surface area contributed by atoms with Gasteiger partial charge >= 0.3 is 5.97 Å². The van der Waals surface area contributed by atoms with Crippen molar-refractivity contribution in [1.82, 2.24) is 19.7 Å². The molecule has 234 valence electrons. The summed E-state index contributed by atoms with van der Waals surface area (Å²) in [7, 11) is 0. The van der Waals surface area contributed by atoms with Crippen LogP contribution in [-0.4, -0.2) is 60.9 Å². The van der Waals surface area contributed by atoms with Gasteiger partial charge in [-0.25, -0.2) is 14.5 Å². The minimum atomic E-state index is -0.988. The fraction of sp³-hybridized carbons (Fsp3) is 0.389. The highest BCUT2D eigenvalue weighted by molar-refractivity contribution is 5.88. The Balaban J connectivity index is 1.24. The van der Waals surface area contributed by atoms with Crippen LogP contribution in [-0.2, 0) is 24.1 Å². The first-order valence-corrected chi connectivity index (χ1v) is 16.0. The molecule has 1 aliphatic carbocycles. The smallest absolute Gasteiger partial charge is 0.339 e. The van der Waals surface area contributed by atoms with E-state index in [2.05, 4.69) is 53.7 Å². The Morgan fingerprint density at radius 2 is 1.80 bits per heavy atom. The number of anilines is 1. The first kappa shape index (κ1) is 30.5. The van der Waals surface area contributed by atoms with E-state index in [9.17, 15) is 19.8 Å². The van der Waals surface area contributed by atoms with Crippen LogP contribution >= 0.6 is 0 Å². The van der Waals surface area contributed by atoms with Gasteiger partial charge in [0.15, 0.2) is 5.82 Å². The number of pyridine rings is 1. The van der Waals surface area contributed by atoms with E-state index in [1.54, 1.807) is 9.58 Å². The zero-order valence-electron chi connectivity index (χ0n) is 26.2. The van der Waals surface area contributed by atoms with Gasteiger partial charge in [-0.05, 0) is 97.9 Å². The van der Waals surface area contributed by atoms with Crippen molar-refractivity contribution in [2.75, 3.05) is 18.4 Å². The molecule has 1 amide bonds. The van der Waals surface area contributed by atoms with Gasteiger partial charge in [0.1, 0.15) is 11.7 Å². The Morgan fingerprint density at radius 1 is 1.02 bits per heavy atom. The van der Waals surface area contributed by atoms with Crippen LogP contribution in [0.4, 0.5) is 5.69 Å². The van der Waals surface area contributed by atoms with Crippen LogP contribution < -0.4 is 5.32 Å². The molecule has 0 saturated carbocycles. The molecule has 2 aromatic heterocycles. The fourth-order valence-electron chi connectivity index (χ4n) is 7.11. The molecule has 1 saturated heterocycles. The number of nitrogens with zero attached hydrogens (tertiary/aromatic N) is 4.